The summed E-state index contributed by atoms with van der Waals surface area (Å²) in [5, 5.41) is 0. The SMILES string of the molecule is CC1CC(C)CC(OC(=O)Cn2ccc(=O)n(C)c2=O)C1. The third-order valence-corrected chi connectivity index (χ3v) is 3.99. The van der Waals surface area contributed by atoms with Crippen molar-refractivity contribution in [1.29, 1.82) is 0 Å². The molecule has 2 rings (SSSR count). The number of hydrogen-bond acceptors (Lipinski definition) is 4. The molecule has 0 bridgehead atoms. The third-order valence-electron chi connectivity index (χ3n) is 3.99. The lowest BCUT2D eigenvalue weighted by atomic mass is 9.82. The molecule has 2 atom stereocenters. The highest BCUT2D eigenvalue weighted by Gasteiger charge is 2.26. The molecule has 2 unspecified atom stereocenters. The Labute approximate surface area is 123 Å². The van der Waals surface area contributed by atoms with E-state index in [1.807, 2.05) is 0 Å². The van der Waals surface area contributed by atoms with Crippen LogP contribution in [0.1, 0.15) is 33.1 Å². The average molecular weight is 294 g/mol. The van der Waals surface area contributed by atoms with Crippen LogP contribution in [0.15, 0.2) is 21.9 Å². The van der Waals surface area contributed by atoms with E-state index in [9.17, 15) is 14.4 Å². The van der Waals surface area contributed by atoms with Crippen LogP contribution in [0, 0.1) is 11.8 Å². The lowest BCUT2D eigenvalue weighted by molar-refractivity contribution is -0.152. The summed E-state index contributed by atoms with van der Waals surface area (Å²) < 4.78 is 7.64. The standard InChI is InChI=1S/C15H22N2O4/c1-10-6-11(2)8-12(7-10)21-14(19)9-17-5-4-13(18)16(3)15(17)20/h4-5,10-12H,6-9H2,1-3H3. The summed E-state index contributed by atoms with van der Waals surface area (Å²) in [6.07, 6.45) is 4.17. The maximum atomic E-state index is 12.0. The molecule has 0 spiro atoms. The minimum absolute atomic E-state index is 0.0699. The Morgan fingerprint density at radius 2 is 1.86 bits per heavy atom. The first-order valence-corrected chi connectivity index (χ1v) is 7.32. The Hall–Kier alpha value is -1.85. The molecule has 0 aliphatic heterocycles. The highest BCUT2D eigenvalue weighted by atomic mass is 16.5. The number of rotatable bonds is 3. The number of carbonyl (C=O) groups excluding carboxylic acids is 1. The van der Waals surface area contributed by atoms with Gasteiger partial charge in [-0.25, -0.2) is 4.79 Å². The van der Waals surface area contributed by atoms with Crippen LogP contribution in [0.5, 0.6) is 0 Å². The van der Waals surface area contributed by atoms with E-state index in [0.29, 0.717) is 11.8 Å². The van der Waals surface area contributed by atoms with Crippen molar-refractivity contribution in [1.82, 2.24) is 9.13 Å². The summed E-state index contributed by atoms with van der Waals surface area (Å²) in [5.74, 6) is 0.667. The fourth-order valence-corrected chi connectivity index (χ4v) is 3.07. The first-order valence-electron chi connectivity index (χ1n) is 7.32. The molecule has 1 heterocycles. The lowest BCUT2D eigenvalue weighted by Crippen LogP contribution is -2.39. The van der Waals surface area contributed by atoms with Gasteiger partial charge in [-0.05, 0) is 31.1 Å². The van der Waals surface area contributed by atoms with Crippen molar-refractivity contribution in [3.8, 4) is 0 Å². The molecule has 6 heteroatoms. The monoisotopic (exact) mass is 294 g/mol. The maximum Gasteiger partial charge on any atom is 0.331 e. The molecule has 1 saturated carbocycles. The third kappa shape index (κ3) is 3.83. The smallest absolute Gasteiger partial charge is 0.331 e. The summed E-state index contributed by atoms with van der Waals surface area (Å²) in [5.41, 5.74) is -0.899. The van der Waals surface area contributed by atoms with Crippen molar-refractivity contribution in [2.75, 3.05) is 0 Å². The topological polar surface area (TPSA) is 70.3 Å². The molecule has 0 saturated heterocycles. The second-order valence-corrected chi connectivity index (χ2v) is 6.15. The molecule has 1 fully saturated rings. The van der Waals surface area contributed by atoms with E-state index < -0.39 is 11.7 Å². The molecule has 6 nitrogen and oxygen atoms in total. The molecule has 21 heavy (non-hydrogen) atoms. The lowest BCUT2D eigenvalue weighted by Gasteiger charge is -2.31. The number of ether oxygens (including phenoxy) is 1. The summed E-state index contributed by atoms with van der Waals surface area (Å²) in [6.45, 7) is 4.16. The van der Waals surface area contributed by atoms with Crippen molar-refractivity contribution in [3.63, 3.8) is 0 Å². The fourth-order valence-electron chi connectivity index (χ4n) is 3.07. The zero-order valence-electron chi connectivity index (χ0n) is 12.7. The van der Waals surface area contributed by atoms with Crippen molar-refractivity contribution in [3.05, 3.63) is 33.1 Å². The zero-order valence-corrected chi connectivity index (χ0v) is 12.7. The van der Waals surface area contributed by atoms with Gasteiger partial charge in [0, 0.05) is 19.3 Å². The molecule has 1 aliphatic carbocycles. The van der Waals surface area contributed by atoms with Gasteiger partial charge in [-0.1, -0.05) is 13.8 Å². The largest absolute Gasteiger partial charge is 0.461 e. The zero-order chi connectivity index (χ0) is 15.6. The molecule has 0 radical (unpaired) electrons. The Bertz CT molecular complexity index is 621. The molecule has 116 valence electrons. The summed E-state index contributed by atoms with van der Waals surface area (Å²) in [6, 6.07) is 1.26. The molecular formula is C15H22N2O4. The number of hydrogen-bond donors (Lipinski definition) is 0. The van der Waals surface area contributed by atoms with Gasteiger partial charge in [-0.2, -0.15) is 0 Å². The second-order valence-electron chi connectivity index (χ2n) is 6.15. The van der Waals surface area contributed by atoms with Crippen LogP contribution in [-0.2, 0) is 23.1 Å². The van der Waals surface area contributed by atoms with E-state index in [2.05, 4.69) is 13.8 Å². The van der Waals surface area contributed by atoms with E-state index in [1.54, 1.807) is 0 Å². The first-order chi connectivity index (χ1) is 9.86. The maximum absolute atomic E-state index is 12.0. The van der Waals surface area contributed by atoms with E-state index >= 15 is 0 Å². The van der Waals surface area contributed by atoms with Gasteiger partial charge in [0.1, 0.15) is 12.6 Å². The van der Waals surface area contributed by atoms with Crippen LogP contribution >= 0.6 is 0 Å². The quantitative estimate of drug-likeness (QED) is 0.777. The Kier molecular flexibility index (Phi) is 4.65. The van der Waals surface area contributed by atoms with Crippen molar-refractivity contribution in [2.24, 2.45) is 18.9 Å². The Balaban J connectivity index is 2.01. The molecular weight excluding hydrogens is 272 g/mol. The number of aromatic nitrogens is 2. The molecule has 0 N–H and O–H groups in total. The van der Waals surface area contributed by atoms with Crippen LogP contribution in [0.4, 0.5) is 0 Å². The summed E-state index contributed by atoms with van der Waals surface area (Å²) >= 11 is 0. The van der Waals surface area contributed by atoms with Crippen LogP contribution in [-0.4, -0.2) is 21.2 Å². The van der Waals surface area contributed by atoms with Gasteiger partial charge in [0.25, 0.3) is 5.56 Å². The van der Waals surface area contributed by atoms with Gasteiger partial charge in [-0.3, -0.25) is 18.7 Å². The van der Waals surface area contributed by atoms with E-state index in [0.717, 1.165) is 23.8 Å². The molecule has 1 aliphatic rings. The van der Waals surface area contributed by atoms with Crippen LogP contribution in [0.3, 0.4) is 0 Å². The predicted molar refractivity (Wildman–Crippen MR) is 78.0 cm³/mol. The van der Waals surface area contributed by atoms with Gasteiger partial charge in [0.05, 0.1) is 0 Å². The van der Waals surface area contributed by atoms with E-state index in [1.165, 1.54) is 23.9 Å². The van der Waals surface area contributed by atoms with Crippen LogP contribution < -0.4 is 11.2 Å². The number of nitrogens with zero attached hydrogens (tertiary/aromatic N) is 2. The van der Waals surface area contributed by atoms with Crippen molar-refractivity contribution >= 4 is 5.97 Å². The van der Waals surface area contributed by atoms with E-state index in [4.69, 9.17) is 4.74 Å². The Morgan fingerprint density at radius 1 is 1.24 bits per heavy atom. The second kappa shape index (κ2) is 6.28. The summed E-state index contributed by atoms with van der Waals surface area (Å²) in [4.78, 5) is 35.1. The number of esters is 1. The minimum atomic E-state index is -0.509. The van der Waals surface area contributed by atoms with Crippen molar-refractivity contribution < 1.29 is 9.53 Å². The average Bonchev–Trinajstić information content (AvgIpc) is 2.38. The van der Waals surface area contributed by atoms with Gasteiger partial charge >= 0.3 is 11.7 Å². The van der Waals surface area contributed by atoms with Gasteiger partial charge in [-0.15, -0.1) is 0 Å². The van der Waals surface area contributed by atoms with Crippen LogP contribution in [0.2, 0.25) is 0 Å². The molecule has 0 aromatic carbocycles. The first kappa shape index (κ1) is 15.5. The van der Waals surface area contributed by atoms with Gasteiger partial charge in [0.15, 0.2) is 0 Å². The van der Waals surface area contributed by atoms with Gasteiger partial charge < -0.3 is 4.74 Å². The molecule has 0 amide bonds. The molecule has 1 aromatic heterocycles. The molecule has 1 aromatic rings. The summed E-state index contributed by atoms with van der Waals surface area (Å²) in [7, 11) is 1.39. The highest BCUT2D eigenvalue weighted by molar-refractivity contribution is 5.69. The minimum Gasteiger partial charge on any atom is -0.461 e. The predicted octanol–water partition coefficient (Wildman–Crippen LogP) is 0.915. The highest BCUT2D eigenvalue weighted by Crippen LogP contribution is 2.30. The van der Waals surface area contributed by atoms with E-state index in [-0.39, 0.29) is 18.2 Å². The van der Waals surface area contributed by atoms with Crippen molar-refractivity contribution in [2.45, 2.75) is 45.8 Å². The Morgan fingerprint density at radius 3 is 2.48 bits per heavy atom. The fraction of sp³-hybridized carbons (Fsp3) is 0.667. The number of carbonyl (C=O) groups is 1. The normalized spacial score (nSPS) is 25.6. The van der Waals surface area contributed by atoms with Gasteiger partial charge in [0.2, 0.25) is 0 Å². The van der Waals surface area contributed by atoms with Crippen LogP contribution in [0.25, 0.3) is 0 Å².